The second-order valence-corrected chi connectivity index (χ2v) is 11.2. The van der Waals surface area contributed by atoms with Crippen molar-refractivity contribution in [3.05, 3.63) is 47.4 Å². The standard InChI is InChI=1S/C21H27N2S4.HI/c1-10-11(2)18(22-14(5)16(7)26-20(22)24)13(4)19(12(10)3)23-15(6)17(8)27-21(23)25-9;/h1-9H3;1H/q+1;/p-1. The van der Waals surface area contributed by atoms with Crippen LogP contribution in [0.15, 0.2) is 4.34 Å². The highest BCUT2D eigenvalue weighted by Crippen LogP contribution is 2.35. The molecule has 0 spiro atoms. The molecule has 2 heterocycles. The summed E-state index contributed by atoms with van der Waals surface area (Å²) in [5.74, 6) is 0. The van der Waals surface area contributed by atoms with E-state index in [9.17, 15) is 0 Å². The summed E-state index contributed by atoms with van der Waals surface area (Å²) in [6.45, 7) is 17.8. The van der Waals surface area contributed by atoms with E-state index in [0.717, 1.165) is 3.95 Å². The lowest BCUT2D eigenvalue weighted by Gasteiger charge is -2.19. The van der Waals surface area contributed by atoms with Crippen molar-refractivity contribution in [2.75, 3.05) is 6.26 Å². The SMILES string of the molecule is CSc1sc(C)c(C)[n+]1-c1c(C)c(C)c(C)c(-n2c(C)c(C)sc2=S)c1C.[I-]. The molecule has 1 aromatic carbocycles. The average Bonchev–Trinajstić information content (AvgIpc) is 3.04. The van der Waals surface area contributed by atoms with Gasteiger partial charge in [0.2, 0.25) is 5.69 Å². The Kier molecular flexibility index (Phi) is 7.62. The molecule has 152 valence electrons. The largest absolute Gasteiger partial charge is 1.00 e. The monoisotopic (exact) mass is 562 g/mol. The molecular weight excluding hydrogens is 535 g/mol. The maximum Gasteiger partial charge on any atom is 0.303 e. The molecule has 0 fully saturated rings. The number of thioether (sulfide) groups is 1. The van der Waals surface area contributed by atoms with Crippen LogP contribution in [0.2, 0.25) is 0 Å². The summed E-state index contributed by atoms with van der Waals surface area (Å²) in [5, 5.41) is 0. The van der Waals surface area contributed by atoms with Gasteiger partial charge in [0.05, 0.1) is 10.6 Å². The number of thiazole rings is 2. The highest BCUT2D eigenvalue weighted by Gasteiger charge is 2.30. The predicted molar refractivity (Wildman–Crippen MR) is 124 cm³/mol. The van der Waals surface area contributed by atoms with E-state index in [1.54, 1.807) is 11.3 Å². The van der Waals surface area contributed by atoms with Gasteiger partial charge in [-0.3, -0.25) is 4.57 Å². The lowest BCUT2D eigenvalue weighted by molar-refractivity contribution is -0.635. The van der Waals surface area contributed by atoms with Gasteiger partial charge >= 0.3 is 4.34 Å². The summed E-state index contributed by atoms with van der Waals surface area (Å²) in [6, 6.07) is 0. The minimum Gasteiger partial charge on any atom is -1.00 e. The molecule has 7 heteroatoms. The molecule has 0 saturated heterocycles. The third-order valence-electron chi connectivity index (χ3n) is 5.70. The lowest BCUT2D eigenvalue weighted by atomic mass is 9.95. The van der Waals surface area contributed by atoms with Crippen LogP contribution in [-0.4, -0.2) is 10.8 Å². The Morgan fingerprint density at radius 3 is 1.93 bits per heavy atom. The third-order valence-corrected chi connectivity index (χ3v) is 9.34. The normalized spacial score (nSPS) is 11.0. The zero-order chi connectivity index (χ0) is 20.2. The van der Waals surface area contributed by atoms with Crippen molar-refractivity contribution < 1.29 is 28.5 Å². The van der Waals surface area contributed by atoms with Gasteiger partial charge in [0.15, 0.2) is 9.65 Å². The first-order valence-corrected chi connectivity index (χ1v) is 12.2. The van der Waals surface area contributed by atoms with Gasteiger partial charge in [0.25, 0.3) is 0 Å². The van der Waals surface area contributed by atoms with Crippen LogP contribution in [0, 0.1) is 59.3 Å². The zero-order valence-corrected chi connectivity index (χ0v) is 23.3. The Bertz CT molecular complexity index is 1120. The van der Waals surface area contributed by atoms with E-state index in [1.165, 1.54) is 59.1 Å². The fraction of sp³-hybridized carbons (Fsp3) is 0.429. The van der Waals surface area contributed by atoms with Crippen molar-refractivity contribution in [2.45, 2.75) is 59.7 Å². The summed E-state index contributed by atoms with van der Waals surface area (Å²) >= 11 is 11.1. The molecular formula is C21H27IN2S4. The number of halogens is 1. The van der Waals surface area contributed by atoms with Crippen LogP contribution in [-0.2, 0) is 0 Å². The smallest absolute Gasteiger partial charge is 0.303 e. The van der Waals surface area contributed by atoms with E-state index >= 15 is 0 Å². The zero-order valence-electron chi connectivity index (χ0n) is 17.9. The molecule has 0 unspecified atom stereocenters. The fourth-order valence-electron chi connectivity index (χ4n) is 3.72. The number of benzene rings is 1. The van der Waals surface area contributed by atoms with E-state index < -0.39 is 0 Å². The molecule has 28 heavy (non-hydrogen) atoms. The van der Waals surface area contributed by atoms with Crippen LogP contribution in [0.4, 0.5) is 0 Å². The average molecular weight is 563 g/mol. The Labute approximate surface area is 203 Å². The number of nitrogens with zero attached hydrogens (tertiary/aromatic N) is 2. The van der Waals surface area contributed by atoms with Crippen molar-refractivity contribution in [1.82, 2.24) is 4.57 Å². The molecule has 0 radical (unpaired) electrons. The second kappa shape index (κ2) is 8.88. The number of hydrogen-bond acceptors (Lipinski definition) is 4. The summed E-state index contributed by atoms with van der Waals surface area (Å²) < 4.78 is 6.98. The Hall–Kier alpha value is -0.220. The predicted octanol–water partition coefficient (Wildman–Crippen LogP) is 3.80. The van der Waals surface area contributed by atoms with E-state index in [2.05, 4.69) is 70.8 Å². The molecule has 2 nitrogen and oxygen atoms in total. The number of rotatable bonds is 3. The highest BCUT2D eigenvalue weighted by molar-refractivity contribution is 8.00. The molecule has 0 aliphatic carbocycles. The molecule has 0 bridgehead atoms. The van der Waals surface area contributed by atoms with Gasteiger partial charge in [0, 0.05) is 28.6 Å². The molecule has 0 aliphatic rings. The van der Waals surface area contributed by atoms with Crippen molar-refractivity contribution in [2.24, 2.45) is 0 Å². The quantitative estimate of drug-likeness (QED) is 0.208. The van der Waals surface area contributed by atoms with Crippen LogP contribution < -0.4 is 28.5 Å². The molecule has 0 N–H and O–H groups in total. The van der Waals surface area contributed by atoms with Crippen molar-refractivity contribution >= 4 is 46.7 Å². The van der Waals surface area contributed by atoms with Gasteiger partial charge in [0.1, 0.15) is 0 Å². The maximum atomic E-state index is 5.75. The number of aromatic nitrogens is 2. The number of aryl methyl sites for hydroxylation is 2. The van der Waals surface area contributed by atoms with Crippen molar-refractivity contribution in [3.8, 4) is 11.4 Å². The van der Waals surface area contributed by atoms with E-state index in [0.29, 0.717) is 0 Å². The van der Waals surface area contributed by atoms with Crippen molar-refractivity contribution in [3.63, 3.8) is 0 Å². The Morgan fingerprint density at radius 1 is 0.821 bits per heavy atom. The Balaban J connectivity index is 0.00000280. The highest BCUT2D eigenvalue weighted by atomic mass is 127. The van der Waals surface area contributed by atoms with Crippen LogP contribution in [0.25, 0.3) is 11.4 Å². The first kappa shape index (κ1) is 24.1. The minimum absolute atomic E-state index is 0. The van der Waals surface area contributed by atoms with Crippen LogP contribution in [0.5, 0.6) is 0 Å². The van der Waals surface area contributed by atoms with Crippen molar-refractivity contribution in [1.29, 1.82) is 0 Å². The summed E-state index contributed by atoms with van der Waals surface area (Å²) in [7, 11) is 0. The molecule has 0 aliphatic heterocycles. The van der Waals surface area contributed by atoms with Gasteiger partial charge in [-0.15, -0.1) is 15.9 Å². The molecule has 2 aromatic heterocycles. The topological polar surface area (TPSA) is 8.81 Å². The second-order valence-electron chi connectivity index (χ2n) is 7.09. The van der Waals surface area contributed by atoms with Crippen LogP contribution >= 0.6 is 46.7 Å². The molecule has 0 saturated carbocycles. The molecule has 0 amide bonds. The maximum absolute atomic E-state index is 5.75. The fourth-order valence-corrected chi connectivity index (χ4v) is 7.09. The summed E-state index contributed by atoms with van der Waals surface area (Å²) in [4.78, 5) is 2.66. The summed E-state index contributed by atoms with van der Waals surface area (Å²) in [6.07, 6.45) is 2.16. The van der Waals surface area contributed by atoms with Gasteiger partial charge in [-0.05, 0) is 89.8 Å². The first-order chi connectivity index (χ1) is 12.6. The van der Waals surface area contributed by atoms with Crippen LogP contribution in [0.1, 0.15) is 43.4 Å². The van der Waals surface area contributed by atoms with E-state index in [1.807, 2.05) is 23.1 Å². The lowest BCUT2D eigenvalue weighted by Crippen LogP contribution is -3.00. The van der Waals surface area contributed by atoms with Gasteiger partial charge in [-0.1, -0.05) is 11.3 Å². The minimum atomic E-state index is 0. The molecule has 3 aromatic rings. The van der Waals surface area contributed by atoms with E-state index in [-0.39, 0.29) is 24.0 Å². The van der Waals surface area contributed by atoms with Gasteiger partial charge in [-0.2, -0.15) is 0 Å². The van der Waals surface area contributed by atoms with Gasteiger partial charge in [-0.25, -0.2) is 0 Å². The Morgan fingerprint density at radius 2 is 1.43 bits per heavy atom. The third kappa shape index (κ3) is 3.66. The first-order valence-electron chi connectivity index (χ1n) is 8.97. The van der Waals surface area contributed by atoms with E-state index in [4.69, 9.17) is 12.2 Å². The van der Waals surface area contributed by atoms with Gasteiger partial charge < -0.3 is 24.0 Å². The van der Waals surface area contributed by atoms with Crippen LogP contribution in [0.3, 0.4) is 0 Å². The molecule has 3 rings (SSSR count). The summed E-state index contributed by atoms with van der Waals surface area (Å²) in [5.41, 5.74) is 10.5. The number of hydrogen-bond donors (Lipinski definition) is 0. The molecule has 0 atom stereocenters.